The van der Waals surface area contributed by atoms with Crippen LogP contribution in [0.4, 0.5) is 11.4 Å². The molecule has 2 aromatic rings. The smallest absolute Gasteiger partial charge is 0.229 e. The highest BCUT2D eigenvalue weighted by atomic mass is 35.5. The molecule has 24 heavy (non-hydrogen) atoms. The fourth-order valence-corrected chi connectivity index (χ4v) is 3.24. The van der Waals surface area contributed by atoms with Crippen molar-refractivity contribution in [2.24, 2.45) is 5.92 Å². The third-order valence-electron chi connectivity index (χ3n) is 4.08. The SMILES string of the molecule is Cc1cc(Cl)ccc1N1CC(C(=O)Nc2ccccc2Cl)CC1=O. The van der Waals surface area contributed by atoms with Crippen molar-refractivity contribution < 1.29 is 9.59 Å². The van der Waals surface area contributed by atoms with Crippen LogP contribution in [-0.4, -0.2) is 18.4 Å². The molecular weight excluding hydrogens is 347 g/mol. The minimum atomic E-state index is -0.413. The zero-order valence-corrected chi connectivity index (χ0v) is 14.6. The molecule has 1 N–H and O–H groups in total. The molecule has 1 aliphatic heterocycles. The van der Waals surface area contributed by atoms with Gasteiger partial charge in [0.1, 0.15) is 0 Å². The van der Waals surface area contributed by atoms with E-state index in [1.54, 1.807) is 41.3 Å². The van der Waals surface area contributed by atoms with Crippen LogP contribution >= 0.6 is 23.2 Å². The summed E-state index contributed by atoms with van der Waals surface area (Å²) < 4.78 is 0. The molecule has 0 aliphatic carbocycles. The molecule has 0 saturated carbocycles. The minimum absolute atomic E-state index is 0.0697. The van der Waals surface area contributed by atoms with Gasteiger partial charge in [-0.15, -0.1) is 0 Å². The lowest BCUT2D eigenvalue weighted by molar-refractivity contribution is -0.122. The first-order chi connectivity index (χ1) is 11.5. The lowest BCUT2D eigenvalue weighted by atomic mass is 10.1. The molecule has 2 aromatic carbocycles. The summed E-state index contributed by atoms with van der Waals surface area (Å²) in [5.41, 5.74) is 2.25. The van der Waals surface area contributed by atoms with Crippen LogP contribution in [-0.2, 0) is 9.59 Å². The molecule has 1 fully saturated rings. The molecule has 0 bridgehead atoms. The van der Waals surface area contributed by atoms with E-state index >= 15 is 0 Å². The molecule has 1 atom stereocenters. The van der Waals surface area contributed by atoms with E-state index in [1.807, 2.05) is 13.0 Å². The van der Waals surface area contributed by atoms with E-state index < -0.39 is 5.92 Å². The Morgan fingerprint density at radius 2 is 1.96 bits per heavy atom. The molecular formula is C18H16Cl2N2O2. The Hall–Kier alpha value is -2.04. The van der Waals surface area contributed by atoms with Gasteiger partial charge in [-0.2, -0.15) is 0 Å². The van der Waals surface area contributed by atoms with Crippen molar-refractivity contribution in [3.05, 3.63) is 58.1 Å². The molecule has 1 aliphatic rings. The third kappa shape index (κ3) is 3.40. The number of anilines is 2. The summed E-state index contributed by atoms with van der Waals surface area (Å²) in [6, 6.07) is 12.4. The number of carbonyl (C=O) groups excluding carboxylic acids is 2. The van der Waals surface area contributed by atoms with E-state index in [1.165, 1.54) is 0 Å². The van der Waals surface area contributed by atoms with E-state index in [0.717, 1.165) is 11.3 Å². The average Bonchev–Trinajstić information content (AvgIpc) is 2.91. The number of nitrogens with zero attached hydrogens (tertiary/aromatic N) is 1. The first-order valence-corrected chi connectivity index (χ1v) is 8.33. The molecule has 2 amide bonds. The monoisotopic (exact) mass is 362 g/mol. The number of aryl methyl sites for hydroxylation is 1. The Labute approximate surface area is 150 Å². The highest BCUT2D eigenvalue weighted by Crippen LogP contribution is 2.30. The number of benzene rings is 2. The van der Waals surface area contributed by atoms with Crippen molar-refractivity contribution in [1.29, 1.82) is 0 Å². The van der Waals surface area contributed by atoms with Gasteiger partial charge in [0.25, 0.3) is 0 Å². The Morgan fingerprint density at radius 1 is 1.21 bits per heavy atom. The zero-order chi connectivity index (χ0) is 17.3. The molecule has 1 unspecified atom stereocenters. The van der Waals surface area contributed by atoms with Crippen LogP contribution in [0.2, 0.25) is 10.0 Å². The molecule has 0 spiro atoms. The average molecular weight is 363 g/mol. The Kier molecular flexibility index (Phi) is 4.78. The number of nitrogens with one attached hydrogen (secondary N) is 1. The number of carbonyl (C=O) groups is 2. The van der Waals surface area contributed by atoms with Gasteiger partial charge in [0, 0.05) is 23.7 Å². The fourth-order valence-electron chi connectivity index (χ4n) is 2.84. The van der Waals surface area contributed by atoms with Gasteiger partial charge < -0.3 is 10.2 Å². The Balaban J connectivity index is 1.74. The van der Waals surface area contributed by atoms with E-state index in [2.05, 4.69) is 5.32 Å². The number of halogens is 2. The van der Waals surface area contributed by atoms with Gasteiger partial charge in [-0.3, -0.25) is 9.59 Å². The van der Waals surface area contributed by atoms with Crippen molar-refractivity contribution in [3.8, 4) is 0 Å². The second kappa shape index (κ2) is 6.83. The van der Waals surface area contributed by atoms with Crippen LogP contribution in [0.25, 0.3) is 0 Å². The molecule has 0 radical (unpaired) electrons. The van der Waals surface area contributed by atoms with Gasteiger partial charge in [0.15, 0.2) is 0 Å². The summed E-state index contributed by atoms with van der Waals surface area (Å²) in [7, 11) is 0. The van der Waals surface area contributed by atoms with E-state index in [0.29, 0.717) is 22.3 Å². The maximum atomic E-state index is 12.5. The van der Waals surface area contributed by atoms with Crippen molar-refractivity contribution in [2.75, 3.05) is 16.8 Å². The molecule has 1 saturated heterocycles. The van der Waals surface area contributed by atoms with E-state index in [-0.39, 0.29) is 18.2 Å². The quantitative estimate of drug-likeness (QED) is 0.884. The topological polar surface area (TPSA) is 49.4 Å². The highest BCUT2D eigenvalue weighted by Gasteiger charge is 2.35. The van der Waals surface area contributed by atoms with Gasteiger partial charge in [-0.1, -0.05) is 35.3 Å². The van der Waals surface area contributed by atoms with Crippen molar-refractivity contribution in [1.82, 2.24) is 0 Å². The Morgan fingerprint density at radius 3 is 2.67 bits per heavy atom. The van der Waals surface area contributed by atoms with Gasteiger partial charge in [0.05, 0.1) is 16.6 Å². The highest BCUT2D eigenvalue weighted by molar-refractivity contribution is 6.33. The van der Waals surface area contributed by atoms with Crippen LogP contribution in [0.1, 0.15) is 12.0 Å². The summed E-state index contributed by atoms with van der Waals surface area (Å²) in [6.45, 7) is 2.24. The number of hydrogen-bond donors (Lipinski definition) is 1. The number of rotatable bonds is 3. The number of amides is 2. The molecule has 3 rings (SSSR count). The van der Waals surface area contributed by atoms with Gasteiger partial charge >= 0.3 is 0 Å². The summed E-state index contributed by atoms with van der Waals surface area (Å²) in [5, 5.41) is 3.89. The molecule has 4 nitrogen and oxygen atoms in total. The molecule has 1 heterocycles. The summed E-state index contributed by atoms with van der Waals surface area (Å²) in [4.78, 5) is 26.4. The van der Waals surface area contributed by atoms with E-state index in [4.69, 9.17) is 23.2 Å². The normalized spacial score (nSPS) is 17.2. The molecule has 124 valence electrons. The number of para-hydroxylation sites is 1. The van der Waals surface area contributed by atoms with Crippen molar-refractivity contribution in [3.63, 3.8) is 0 Å². The lowest BCUT2D eigenvalue weighted by Gasteiger charge is -2.19. The van der Waals surface area contributed by atoms with Crippen molar-refractivity contribution in [2.45, 2.75) is 13.3 Å². The van der Waals surface area contributed by atoms with Crippen LogP contribution in [0.15, 0.2) is 42.5 Å². The van der Waals surface area contributed by atoms with Crippen LogP contribution in [0.5, 0.6) is 0 Å². The molecule has 0 aromatic heterocycles. The van der Waals surface area contributed by atoms with Gasteiger partial charge in [0.2, 0.25) is 11.8 Å². The lowest BCUT2D eigenvalue weighted by Crippen LogP contribution is -2.28. The standard InChI is InChI=1S/C18H16Cl2N2O2/c1-11-8-13(19)6-7-16(11)22-10-12(9-17(22)23)18(24)21-15-5-3-2-4-14(15)20/h2-8,12H,9-10H2,1H3,(H,21,24). The second-order valence-corrected chi connectivity index (χ2v) is 6.65. The first kappa shape index (κ1) is 16.8. The third-order valence-corrected chi connectivity index (χ3v) is 4.64. The van der Waals surface area contributed by atoms with Gasteiger partial charge in [-0.25, -0.2) is 0 Å². The summed E-state index contributed by atoms with van der Waals surface area (Å²) >= 11 is 12.0. The van der Waals surface area contributed by atoms with Crippen LogP contribution in [0.3, 0.4) is 0 Å². The second-order valence-electron chi connectivity index (χ2n) is 5.81. The predicted molar refractivity (Wildman–Crippen MR) is 96.7 cm³/mol. The minimum Gasteiger partial charge on any atom is -0.324 e. The molecule has 6 heteroatoms. The van der Waals surface area contributed by atoms with Crippen LogP contribution < -0.4 is 10.2 Å². The predicted octanol–water partition coefficient (Wildman–Crippen LogP) is 4.29. The zero-order valence-electron chi connectivity index (χ0n) is 13.1. The first-order valence-electron chi connectivity index (χ1n) is 7.57. The van der Waals surface area contributed by atoms with Crippen LogP contribution in [0, 0.1) is 12.8 Å². The maximum Gasteiger partial charge on any atom is 0.229 e. The summed E-state index contributed by atoms with van der Waals surface area (Å²) in [5.74, 6) is -0.686. The van der Waals surface area contributed by atoms with Crippen molar-refractivity contribution >= 4 is 46.4 Å². The fraction of sp³-hybridized carbons (Fsp3) is 0.222. The van der Waals surface area contributed by atoms with E-state index in [9.17, 15) is 9.59 Å². The largest absolute Gasteiger partial charge is 0.324 e. The van der Waals surface area contributed by atoms with Gasteiger partial charge in [-0.05, 0) is 42.8 Å². The summed E-state index contributed by atoms with van der Waals surface area (Å²) in [6.07, 6.45) is 0.179. The Bertz CT molecular complexity index is 807. The number of hydrogen-bond acceptors (Lipinski definition) is 2. The maximum absolute atomic E-state index is 12.5.